The third-order valence-corrected chi connectivity index (χ3v) is 5.35. The Morgan fingerprint density at radius 1 is 1.29 bits per heavy atom. The minimum atomic E-state index is -4.51. The molecule has 164 valence electrons. The zero-order chi connectivity index (χ0) is 22.3. The molecule has 7 nitrogen and oxygen atoms in total. The number of alkyl halides is 3. The van der Waals surface area contributed by atoms with Crippen molar-refractivity contribution in [1.29, 1.82) is 0 Å². The van der Waals surface area contributed by atoms with Crippen LogP contribution in [0.4, 0.5) is 13.2 Å². The van der Waals surface area contributed by atoms with Gasteiger partial charge in [-0.3, -0.25) is 14.3 Å². The average Bonchev–Trinajstić information content (AvgIpc) is 3.46. The third kappa shape index (κ3) is 4.19. The molecule has 4 rings (SSSR count). The van der Waals surface area contributed by atoms with E-state index in [9.17, 15) is 22.8 Å². The van der Waals surface area contributed by atoms with Gasteiger partial charge in [0.1, 0.15) is 11.2 Å². The van der Waals surface area contributed by atoms with Crippen LogP contribution < -0.4 is 10.7 Å². The number of pyridine rings is 2. The monoisotopic (exact) mass is 433 g/mol. The van der Waals surface area contributed by atoms with Crippen molar-refractivity contribution in [3.63, 3.8) is 0 Å². The van der Waals surface area contributed by atoms with Crippen LogP contribution in [0, 0.1) is 6.92 Å². The highest BCUT2D eigenvalue weighted by Gasteiger charge is 2.37. The Morgan fingerprint density at radius 3 is 2.68 bits per heavy atom. The zero-order valence-electron chi connectivity index (χ0n) is 17.2. The van der Waals surface area contributed by atoms with Crippen LogP contribution >= 0.6 is 0 Å². The molecule has 1 fully saturated rings. The summed E-state index contributed by atoms with van der Waals surface area (Å²) in [6.07, 6.45) is -1.38. The van der Waals surface area contributed by atoms with Gasteiger partial charge < -0.3 is 9.88 Å². The number of nitrogens with zero attached hydrogens (tertiary/aromatic N) is 4. The van der Waals surface area contributed by atoms with Crippen molar-refractivity contribution in [3.05, 3.63) is 57.3 Å². The van der Waals surface area contributed by atoms with Crippen molar-refractivity contribution in [2.24, 2.45) is 0 Å². The van der Waals surface area contributed by atoms with Crippen LogP contribution in [0.5, 0.6) is 0 Å². The molecule has 10 heteroatoms. The molecule has 0 spiro atoms. The number of hydrogen-bond acceptors (Lipinski definition) is 4. The fourth-order valence-corrected chi connectivity index (χ4v) is 3.59. The Bertz CT molecular complexity index is 1210. The number of carbonyl (C=O) groups excluding carboxylic acids is 1. The van der Waals surface area contributed by atoms with Crippen molar-refractivity contribution in [3.8, 4) is 0 Å². The van der Waals surface area contributed by atoms with E-state index in [0.717, 1.165) is 24.6 Å². The second kappa shape index (κ2) is 7.82. The average molecular weight is 433 g/mol. The van der Waals surface area contributed by atoms with Crippen molar-refractivity contribution in [2.45, 2.75) is 51.9 Å². The van der Waals surface area contributed by atoms with E-state index in [1.807, 2.05) is 13.8 Å². The van der Waals surface area contributed by atoms with Crippen LogP contribution in [0.2, 0.25) is 0 Å². The molecule has 3 aromatic heterocycles. The molecule has 0 aromatic carbocycles. The normalized spacial score (nSPS) is 14.2. The van der Waals surface area contributed by atoms with Gasteiger partial charge in [0.15, 0.2) is 5.69 Å². The zero-order valence-corrected chi connectivity index (χ0v) is 17.2. The molecular formula is C21H22F3N5O2. The molecule has 1 aliphatic carbocycles. The first kappa shape index (κ1) is 21.1. The van der Waals surface area contributed by atoms with Crippen LogP contribution in [0.3, 0.4) is 0 Å². The topological polar surface area (TPSA) is 81.8 Å². The number of rotatable bonds is 6. The Kier molecular flexibility index (Phi) is 5.32. The van der Waals surface area contributed by atoms with Gasteiger partial charge >= 0.3 is 6.18 Å². The second-order valence-corrected chi connectivity index (χ2v) is 7.69. The minimum Gasteiger partial charge on any atom is -0.350 e. The SMILES string of the molecule is CCn1cc(C(=O)NCCn2nc(C(F)(F)F)cc2C2CC2)c(=O)c2ccc(C)nc21. The fraction of sp³-hybridized carbons (Fsp3) is 0.429. The third-order valence-electron chi connectivity index (χ3n) is 5.35. The predicted octanol–water partition coefficient (Wildman–Crippen LogP) is 3.25. The standard InChI is InChI=1S/C21H22F3N5O2/c1-3-28-11-15(18(30)14-7-4-12(2)26-19(14)28)20(31)25-8-9-29-16(13-5-6-13)10-17(27-29)21(22,23)24/h4,7,10-11,13H,3,5-6,8-9H2,1-2H3,(H,25,31). The lowest BCUT2D eigenvalue weighted by Crippen LogP contribution is -2.32. The number of aromatic nitrogens is 4. The number of aryl methyl sites for hydroxylation is 2. The largest absolute Gasteiger partial charge is 0.435 e. The number of nitrogens with one attached hydrogen (secondary N) is 1. The number of fused-ring (bicyclic) bond motifs is 1. The Morgan fingerprint density at radius 2 is 2.03 bits per heavy atom. The van der Waals surface area contributed by atoms with Gasteiger partial charge in [-0.2, -0.15) is 18.3 Å². The molecule has 0 saturated heterocycles. The summed E-state index contributed by atoms with van der Waals surface area (Å²) in [6, 6.07) is 4.44. The molecule has 1 aliphatic rings. The molecular weight excluding hydrogens is 411 g/mol. The predicted molar refractivity (Wildman–Crippen MR) is 108 cm³/mol. The first-order chi connectivity index (χ1) is 14.7. The van der Waals surface area contributed by atoms with Crippen molar-refractivity contribution in [1.82, 2.24) is 24.6 Å². The molecule has 0 unspecified atom stereocenters. The van der Waals surface area contributed by atoms with Crippen molar-refractivity contribution < 1.29 is 18.0 Å². The van der Waals surface area contributed by atoms with E-state index in [1.165, 1.54) is 10.9 Å². The lowest BCUT2D eigenvalue weighted by Gasteiger charge is -2.12. The van der Waals surface area contributed by atoms with Crippen LogP contribution in [0.25, 0.3) is 11.0 Å². The quantitative estimate of drug-likeness (QED) is 0.647. The number of halogens is 3. The van der Waals surface area contributed by atoms with Gasteiger partial charge in [0.2, 0.25) is 5.43 Å². The molecule has 1 amide bonds. The first-order valence-electron chi connectivity index (χ1n) is 10.1. The van der Waals surface area contributed by atoms with Gasteiger partial charge in [0, 0.05) is 36.6 Å². The summed E-state index contributed by atoms with van der Waals surface area (Å²) in [5.41, 5.74) is 0.413. The molecule has 0 bridgehead atoms. The lowest BCUT2D eigenvalue weighted by atomic mass is 10.1. The van der Waals surface area contributed by atoms with Gasteiger partial charge in [-0.15, -0.1) is 0 Å². The van der Waals surface area contributed by atoms with Gasteiger partial charge in [0.05, 0.1) is 11.9 Å². The maximum Gasteiger partial charge on any atom is 0.435 e. The smallest absolute Gasteiger partial charge is 0.350 e. The molecule has 1 N–H and O–H groups in total. The Labute approximate surface area is 175 Å². The minimum absolute atomic E-state index is 0.0288. The van der Waals surface area contributed by atoms with E-state index in [2.05, 4.69) is 15.4 Å². The van der Waals surface area contributed by atoms with Gasteiger partial charge in [0.25, 0.3) is 5.91 Å². The van der Waals surface area contributed by atoms with E-state index < -0.39 is 23.2 Å². The summed E-state index contributed by atoms with van der Waals surface area (Å²) < 4.78 is 42.1. The molecule has 31 heavy (non-hydrogen) atoms. The second-order valence-electron chi connectivity index (χ2n) is 7.69. The van der Waals surface area contributed by atoms with Crippen LogP contribution in [-0.4, -0.2) is 31.8 Å². The number of hydrogen-bond donors (Lipinski definition) is 1. The first-order valence-corrected chi connectivity index (χ1v) is 10.1. The van der Waals surface area contributed by atoms with Crippen LogP contribution in [-0.2, 0) is 19.3 Å². The molecule has 0 atom stereocenters. The summed E-state index contributed by atoms with van der Waals surface area (Å²) in [5.74, 6) is -0.502. The molecule has 3 heterocycles. The number of carbonyl (C=O) groups is 1. The lowest BCUT2D eigenvalue weighted by molar-refractivity contribution is -0.141. The molecule has 0 aliphatic heterocycles. The molecule has 1 saturated carbocycles. The van der Waals surface area contributed by atoms with E-state index in [0.29, 0.717) is 23.3 Å². The summed E-state index contributed by atoms with van der Waals surface area (Å²) in [6.45, 7) is 4.36. The van der Waals surface area contributed by atoms with Gasteiger partial charge in [-0.1, -0.05) is 0 Å². The summed E-state index contributed by atoms with van der Waals surface area (Å²) >= 11 is 0. The highest BCUT2D eigenvalue weighted by molar-refractivity contribution is 5.96. The molecule has 3 aromatic rings. The van der Waals surface area contributed by atoms with Gasteiger partial charge in [-0.25, -0.2) is 4.98 Å². The van der Waals surface area contributed by atoms with Crippen LogP contribution in [0.1, 0.15) is 53.1 Å². The Hall–Kier alpha value is -3.17. The van der Waals surface area contributed by atoms with E-state index >= 15 is 0 Å². The van der Waals surface area contributed by atoms with E-state index in [-0.39, 0.29) is 24.6 Å². The van der Waals surface area contributed by atoms with Crippen molar-refractivity contribution in [2.75, 3.05) is 6.54 Å². The highest BCUT2D eigenvalue weighted by atomic mass is 19.4. The van der Waals surface area contributed by atoms with E-state index in [1.54, 1.807) is 16.7 Å². The molecule has 0 radical (unpaired) electrons. The Balaban J connectivity index is 1.53. The maximum atomic E-state index is 13.0. The number of amides is 1. The fourth-order valence-electron chi connectivity index (χ4n) is 3.59. The summed E-state index contributed by atoms with van der Waals surface area (Å²) in [7, 11) is 0. The van der Waals surface area contributed by atoms with Crippen molar-refractivity contribution >= 4 is 16.9 Å². The van der Waals surface area contributed by atoms with E-state index in [4.69, 9.17) is 0 Å². The van der Waals surface area contributed by atoms with Gasteiger partial charge in [-0.05, 0) is 44.9 Å². The maximum absolute atomic E-state index is 13.0. The van der Waals surface area contributed by atoms with Crippen LogP contribution in [0.15, 0.2) is 29.2 Å². The highest BCUT2D eigenvalue weighted by Crippen LogP contribution is 2.42. The summed E-state index contributed by atoms with van der Waals surface area (Å²) in [5, 5.41) is 6.65. The summed E-state index contributed by atoms with van der Waals surface area (Å²) in [4.78, 5) is 29.9.